The van der Waals surface area contributed by atoms with Crippen LogP contribution in [-0.2, 0) is 10.8 Å². The van der Waals surface area contributed by atoms with Crippen LogP contribution in [0.1, 0.15) is 49.9 Å². The third-order valence-electron chi connectivity index (χ3n) is 18.7. The lowest BCUT2D eigenvalue weighted by Crippen LogP contribution is -2.17. The van der Waals surface area contributed by atoms with Gasteiger partial charge in [0.2, 0.25) is 0 Å². The maximum atomic E-state index is 6.54. The zero-order valence-electron chi connectivity index (χ0n) is 70.9. The van der Waals surface area contributed by atoms with Gasteiger partial charge >= 0.3 is 0 Å². The molecule has 1 heterocycles. The zero-order chi connectivity index (χ0) is 98.9. The van der Waals surface area contributed by atoms with Crippen LogP contribution in [0.2, 0.25) is 0 Å². The standard InChI is InChI=1S/C48H37NO.H84P82/c1-47(2)37-22-8-5-18-35(37)44-39(47)24-13-26-41(44)49(42-27-14-25-40-45(42)36-19-6-9-23-38(36)48(40,3)4)31-16-11-15-30(29-31)32-20-12-21-34-33-17-7-10-28-43(33)50-46(32)34;1-43(2)64(44(3)4)74(63(41)42)79(73(61(37)38)62(39)40)82(80(75(65(45(5)6)46(7)8)66(47(9)10)48(11)12)76(67(49(13)14)50(15)16)68(51(17)18)52(19)20)81(77(69(53(21)22)54(23)24)70(55(25)26)56(27)28)78(71(57(29)30)58(31)32)72(59(33)34)60(35)36/h5-29H,1-4H3;1-42H2. The van der Waals surface area contributed by atoms with E-state index in [0.29, 0.717) is 0 Å². The number of rotatable bonds is 43. The molecule has 0 aliphatic heterocycles. The summed E-state index contributed by atoms with van der Waals surface area (Å²) in [6.45, 7) is -4.96. The predicted molar refractivity (Wildman–Crippen MR) is 894 cm³/mol. The maximum Gasteiger partial charge on any atom is 0.143 e. The fourth-order valence-electron chi connectivity index (χ4n) is 14.1. The first kappa shape index (κ1) is 145. The molecule has 0 N–H and O–H groups in total. The molecule has 2 aliphatic carbocycles. The third-order valence-corrected chi connectivity index (χ3v) is 596. The van der Waals surface area contributed by atoms with Crippen LogP contribution in [0.15, 0.2) is 156 Å². The normalized spacial score (nSPS) is 15.1. The van der Waals surface area contributed by atoms with E-state index in [1.807, 2.05) is 6.07 Å². The van der Waals surface area contributed by atoms with Gasteiger partial charge in [-0.2, -0.15) is 0 Å². The number of anilines is 3. The van der Waals surface area contributed by atoms with Crippen LogP contribution in [0.3, 0.4) is 0 Å². The number of para-hydroxylation sites is 2. The first-order chi connectivity index (χ1) is 61.6. The molecule has 0 fully saturated rings. The van der Waals surface area contributed by atoms with Gasteiger partial charge in [0.15, 0.2) is 0 Å². The molecule has 2 aliphatic rings. The summed E-state index contributed by atoms with van der Waals surface area (Å²) in [4.78, 5) is 2.52. The average molecular weight is 3270 g/mol. The molecule has 8 aromatic rings. The molecule has 0 saturated heterocycles. The molecule has 0 amide bonds. The second-order valence-electron chi connectivity index (χ2n) is 28.0. The van der Waals surface area contributed by atoms with E-state index in [1.165, 1.54) is 55.9 Å². The van der Waals surface area contributed by atoms with Gasteiger partial charge in [-0.3, -0.25) is 0 Å². The number of hydrogen-bond donors (Lipinski definition) is 0. The van der Waals surface area contributed by atoms with Gasteiger partial charge < -0.3 is 9.32 Å². The molecule has 44 atom stereocenters. The molecule has 734 valence electrons. The lowest BCUT2D eigenvalue weighted by Gasteiger charge is -2.63. The van der Waals surface area contributed by atoms with Crippen molar-refractivity contribution in [3.05, 3.63) is 174 Å². The van der Waals surface area contributed by atoms with Crippen molar-refractivity contribution in [2.45, 2.75) is 38.5 Å². The van der Waals surface area contributed by atoms with Gasteiger partial charge in [0.25, 0.3) is 0 Å². The Morgan fingerprint density at radius 3 is 0.720 bits per heavy atom. The van der Waals surface area contributed by atoms with Crippen molar-refractivity contribution in [2.75, 3.05) is 4.90 Å². The van der Waals surface area contributed by atoms with Crippen molar-refractivity contribution < 1.29 is 4.42 Å². The molecule has 44 unspecified atom stereocenters. The van der Waals surface area contributed by atoms with E-state index in [1.54, 1.807) is 0 Å². The van der Waals surface area contributed by atoms with E-state index in [0.717, 1.165) is 38.8 Å². The summed E-state index contributed by atoms with van der Waals surface area (Å²) >= 11 is 0. The highest BCUT2D eigenvalue weighted by atomic mass is 33.6. The first-order valence-corrected chi connectivity index (χ1v) is 185. The molecular weight excluding hydrogens is 3150 g/mol. The van der Waals surface area contributed by atoms with E-state index in [9.17, 15) is 0 Å². The molecule has 2 nitrogen and oxygen atoms in total. The molecule has 10 rings (SSSR count). The number of hydrogen-bond acceptors (Lipinski definition) is 2. The van der Waals surface area contributed by atoms with Gasteiger partial charge in [0.1, 0.15) is 11.2 Å². The van der Waals surface area contributed by atoms with Crippen molar-refractivity contribution in [1.29, 1.82) is 0 Å². The van der Waals surface area contributed by atoms with Crippen molar-refractivity contribution in [3.8, 4) is 33.4 Å². The second-order valence-corrected chi connectivity index (χ2v) is 368. The summed E-state index contributed by atoms with van der Waals surface area (Å²) in [5.74, 6) is 0. The Hall–Kier alpha value is 29.4. The highest BCUT2D eigenvalue weighted by molar-refractivity contribution is 9.58. The largest absolute Gasteiger partial charge is 0.455 e. The van der Waals surface area contributed by atoms with E-state index < -0.39 is 34.9 Å². The van der Waals surface area contributed by atoms with Crippen molar-refractivity contribution in [2.24, 2.45) is 0 Å². The minimum atomic E-state index is -0.487. The number of fused-ring (bicyclic) bond motifs is 9. The van der Waals surface area contributed by atoms with Gasteiger partial charge in [-0.1, -0.05) is 149 Å². The molecular formula is C48H121NOP82. The Kier molecular flexibility index (Phi) is 76.7. The number of benzene rings is 7. The smallest absolute Gasteiger partial charge is 0.143 e. The SMILES string of the molecule is CC1(C)c2ccccc2-c2c(N(c3cccc(-c4cccc5c4oc4ccccc45)c3)c3cccc4c3-c3ccccc3C4(C)C)cccc21.PP(P)P(P(P)P)P(P(P)P)P(P(P(P)P)P(P)P)P(P(P(P(P(P)P)P(P)P)P(P(P)P)P(P)P)P(P(P(P)P)P(P)P)P(P(P)P)P(P)P)P(P(P(P(P)P)P(P)P)P(P(P)P)P(P)P)P(P(P(P)P)P(P)P)P(P(P)P)P(P)P. The Labute approximate surface area is 935 Å². The van der Waals surface area contributed by atoms with Crippen LogP contribution < -0.4 is 4.90 Å². The van der Waals surface area contributed by atoms with Gasteiger partial charge in [-0.15, -0.1) is 375 Å². The summed E-state index contributed by atoms with van der Waals surface area (Å²) in [6, 6.07) is 55.5. The Bertz CT molecular complexity index is 4560. The molecule has 7 aromatic carbocycles. The van der Waals surface area contributed by atoms with E-state index >= 15 is 0 Å². The maximum absolute atomic E-state index is 6.54. The van der Waals surface area contributed by atoms with E-state index in [4.69, 9.17) is 4.42 Å². The molecule has 132 heavy (non-hydrogen) atoms. The summed E-state index contributed by atoms with van der Waals surface area (Å²) in [5, 5.41) is 2.28. The van der Waals surface area contributed by atoms with Crippen molar-refractivity contribution in [3.63, 3.8) is 0 Å². The van der Waals surface area contributed by atoms with E-state index in [-0.39, 0.29) is 255 Å². The third kappa shape index (κ3) is 37.5. The summed E-state index contributed by atoms with van der Waals surface area (Å²) in [5.41, 5.74) is 18.0. The van der Waals surface area contributed by atoms with Crippen LogP contribution in [0.25, 0.3) is 55.3 Å². The lowest BCUT2D eigenvalue weighted by molar-refractivity contribution is 0.660. The van der Waals surface area contributed by atoms with Gasteiger partial charge in [-0.05, 0) is 349 Å². The molecule has 0 spiro atoms. The highest BCUT2D eigenvalue weighted by Crippen LogP contribution is 3.52. The Morgan fingerprint density at radius 2 is 0.424 bits per heavy atom. The van der Waals surface area contributed by atoms with Crippen LogP contribution in [-0.4, -0.2) is 0 Å². The van der Waals surface area contributed by atoms with E-state index in [2.05, 4.69) is 553 Å². The summed E-state index contributed by atoms with van der Waals surface area (Å²) in [7, 11) is 155. The average Bonchev–Trinajstić information content (AvgIpc) is 0.841. The summed E-state index contributed by atoms with van der Waals surface area (Å²) in [6.07, 6.45) is 0. The summed E-state index contributed by atoms with van der Waals surface area (Å²) < 4.78 is 6.54. The van der Waals surface area contributed by atoms with Gasteiger partial charge in [-0.25, -0.2) is 0 Å². The monoisotopic (exact) mass is 3270 g/mol. The molecule has 0 bridgehead atoms. The topological polar surface area (TPSA) is 16.4 Å². The van der Waals surface area contributed by atoms with Gasteiger partial charge in [0.05, 0.1) is 11.4 Å². The molecule has 1 aromatic heterocycles. The van der Waals surface area contributed by atoms with Crippen LogP contribution in [0.5, 0.6) is 0 Å². The molecule has 0 saturated carbocycles. The van der Waals surface area contributed by atoms with Crippen LogP contribution >= 0.6 is 654 Å². The van der Waals surface area contributed by atoms with Crippen LogP contribution in [0, 0.1) is 0 Å². The number of nitrogens with zero attached hydrogens (tertiary/aromatic N) is 1. The Balaban J connectivity index is 0.000000328. The molecule has 84 heteroatoms. The first-order valence-electron chi connectivity index (χ1n) is 36.3. The molecule has 0 radical (unpaired) electrons. The zero-order valence-corrected chi connectivity index (χ0v) is 155. The number of furan rings is 1. The minimum absolute atomic E-state index is 0.111. The fraction of sp³-hybridized carbons (Fsp3) is 0.125. The van der Waals surface area contributed by atoms with Crippen molar-refractivity contribution >= 4 is 693 Å². The minimum Gasteiger partial charge on any atom is -0.455 e. The Morgan fingerprint density at radius 1 is 0.205 bits per heavy atom. The lowest BCUT2D eigenvalue weighted by atomic mass is 9.82. The predicted octanol–water partition coefficient (Wildman–Crippen LogP) is 61.5. The van der Waals surface area contributed by atoms with Crippen molar-refractivity contribution in [1.82, 2.24) is 0 Å². The highest BCUT2D eigenvalue weighted by Gasteiger charge is 2.66. The quantitative estimate of drug-likeness (QED) is 0.0354. The van der Waals surface area contributed by atoms with Gasteiger partial charge in [0, 0.05) is 44.0 Å². The second kappa shape index (κ2) is 69.9. The fourth-order valence-corrected chi connectivity index (χ4v) is 1230. The van der Waals surface area contributed by atoms with Crippen LogP contribution in [0.4, 0.5) is 17.1 Å².